The summed E-state index contributed by atoms with van der Waals surface area (Å²) in [5, 5.41) is 0.752. The number of fused-ring (bicyclic) bond motifs is 1. The SMILES string of the molecule is Cn1c2c(c(=O)[nH]c1=O)SC(=C1SC3=C(SCCS3)S1)S2. The molecule has 0 saturated heterocycles. The Labute approximate surface area is 145 Å². The molecule has 4 heterocycles. The number of nitrogens with one attached hydrogen (secondary N) is 1. The second-order valence-electron chi connectivity index (χ2n) is 4.21. The number of nitrogens with zero attached hydrogens (tertiary/aromatic N) is 1. The second kappa shape index (κ2) is 5.72. The summed E-state index contributed by atoms with van der Waals surface area (Å²) in [5.41, 5.74) is -0.635. The number of aromatic nitrogens is 2. The molecule has 0 atom stereocenters. The zero-order valence-electron chi connectivity index (χ0n) is 10.6. The van der Waals surface area contributed by atoms with E-state index in [9.17, 15) is 9.59 Å². The molecule has 0 amide bonds. The molecule has 0 aliphatic carbocycles. The quantitative estimate of drug-likeness (QED) is 0.674. The van der Waals surface area contributed by atoms with E-state index in [1.165, 1.54) is 40.8 Å². The van der Waals surface area contributed by atoms with Crippen LogP contribution in [0.2, 0.25) is 0 Å². The van der Waals surface area contributed by atoms with E-state index in [1.54, 1.807) is 30.6 Å². The fourth-order valence-electron chi connectivity index (χ4n) is 1.87. The Balaban J connectivity index is 1.71. The van der Waals surface area contributed by atoms with Crippen LogP contribution in [0.4, 0.5) is 0 Å². The van der Waals surface area contributed by atoms with Crippen LogP contribution in [0.5, 0.6) is 0 Å². The van der Waals surface area contributed by atoms with E-state index in [0.717, 1.165) is 20.8 Å². The Morgan fingerprint density at radius 3 is 2.19 bits per heavy atom. The van der Waals surface area contributed by atoms with Gasteiger partial charge >= 0.3 is 5.69 Å². The van der Waals surface area contributed by atoms with Crippen LogP contribution in [0.3, 0.4) is 0 Å². The molecule has 0 unspecified atom stereocenters. The summed E-state index contributed by atoms with van der Waals surface area (Å²) in [6.45, 7) is 0. The molecule has 1 N–H and O–H groups in total. The van der Waals surface area contributed by atoms with Gasteiger partial charge in [0, 0.05) is 18.6 Å². The number of rotatable bonds is 0. The van der Waals surface area contributed by atoms with Gasteiger partial charge in [-0.25, -0.2) is 4.79 Å². The fraction of sp³-hybridized carbons (Fsp3) is 0.273. The predicted molar refractivity (Wildman–Crippen MR) is 98.2 cm³/mol. The van der Waals surface area contributed by atoms with Crippen molar-refractivity contribution >= 4 is 70.6 Å². The zero-order chi connectivity index (χ0) is 14.6. The van der Waals surface area contributed by atoms with Gasteiger partial charge in [0.15, 0.2) is 0 Å². The lowest BCUT2D eigenvalue weighted by Gasteiger charge is -2.08. The van der Waals surface area contributed by atoms with E-state index in [4.69, 9.17) is 0 Å². The normalized spacial score (nSPS) is 21.0. The zero-order valence-corrected chi connectivity index (χ0v) is 15.5. The minimum Gasteiger partial charge on any atom is -0.290 e. The summed E-state index contributed by atoms with van der Waals surface area (Å²) >= 11 is 10.4. The third-order valence-corrected chi connectivity index (χ3v) is 11.8. The smallest absolute Gasteiger partial charge is 0.290 e. The monoisotopic (exact) mass is 392 g/mol. The molecular formula is C11H8N2O2S6. The highest BCUT2D eigenvalue weighted by molar-refractivity contribution is 8.42. The lowest BCUT2D eigenvalue weighted by molar-refractivity contribution is 0.683. The van der Waals surface area contributed by atoms with Crippen molar-refractivity contribution in [3.8, 4) is 0 Å². The Morgan fingerprint density at radius 1 is 0.905 bits per heavy atom. The van der Waals surface area contributed by atoms with Crippen LogP contribution in [-0.2, 0) is 7.05 Å². The Bertz CT molecular complexity index is 801. The molecule has 3 aliphatic heterocycles. The molecule has 1 aromatic heterocycles. The van der Waals surface area contributed by atoms with Crippen molar-refractivity contribution in [1.82, 2.24) is 9.55 Å². The van der Waals surface area contributed by atoms with Gasteiger partial charge < -0.3 is 0 Å². The van der Waals surface area contributed by atoms with Crippen molar-refractivity contribution < 1.29 is 0 Å². The molecule has 4 nitrogen and oxygen atoms in total. The number of hydrogen-bond acceptors (Lipinski definition) is 8. The first kappa shape index (κ1) is 14.8. The van der Waals surface area contributed by atoms with Crippen molar-refractivity contribution in [2.75, 3.05) is 11.5 Å². The lowest BCUT2D eigenvalue weighted by Crippen LogP contribution is -2.29. The summed E-state index contributed by atoms with van der Waals surface area (Å²) in [6, 6.07) is 0. The maximum absolute atomic E-state index is 11.9. The molecule has 0 spiro atoms. The molecular weight excluding hydrogens is 385 g/mol. The van der Waals surface area contributed by atoms with Crippen LogP contribution in [-0.4, -0.2) is 21.1 Å². The van der Waals surface area contributed by atoms with E-state index < -0.39 is 0 Å². The fourth-order valence-corrected chi connectivity index (χ4v) is 10.7. The van der Waals surface area contributed by atoms with Gasteiger partial charge in [-0.1, -0.05) is 47.0 Å². The predicted octanol–water partition coefficient (Wildman–Crippen LogP) is 3.48. The van der Waals surface area contributed by atoms with Crippen molar-refractivity contribution in [3.63, 3.8) is 0 Å². The molecule has 0 aromatic carbocycles. The van der Waals surface area contributed by atoms with Gasteiger partial charge in [0.1, 0.15) is 9.92 Å². The molecule has 4 rings (SSSR count). The largest absolute Gasteiger partial charge is 0.328 e. The van der Waals surface area contributed by atoms with Crippen LogP contribution < -0.4 is 11.2 Å². The van der Waals surface area contributed by atoms with Gasteiger partial charge in [-0.15, -0.1) is 23.5 Å². The highest BCUT2D eigenvalue weighted by Gasteiger charge is 2.32. The number of hydrogen-bond donors (Lipinski definition) is 1. The minimum atomic E-state index is -0.353. The number of H-pyrrole nitrogens is 1. The van der Waals surface area contributed by atoms with E-state index in [1.807, 2.05) is 23.5 Å². The Hall–Kier alpha value is 0.260. The van der Waals surface area contributed by atoms with Crippen LogP contribution >= 0.6 is 70.6 Å². The molecule has 0 bridgehead atoms. The average Bonchev–Trinajstić information content (AvgIpc) is 3.09. The van der Waals surface area contributed by atoms with Gasteiger partial charge in [-0.3, -0.25) is 14.3 Å². The molecule has 0 saturated carbocycles. The van der Waals surface area contributed by atoms with Crippen molar-refractivity contribution in [2.45, 2.75) is 9.92 Å². The summed E-state index contributed by atoms with van der Waals surface area (Å²) in [4.78, 5) is 26.6. The summed E-state index contributed by atoms with van der Waals surface area (Å²) in [5.74, 6) is 2.32. The molecule has 0 fully saturated rings. The Morgan fingerprint density at radius 2 is 1.52 bits per heavy atom. The molecule has 10 heteroatoms. The van der Waals surface area contributed by atoms with Gasteiger partial charge in [-0.2, -0.15) is 0 Å². The standard InChI is InChI=1S/C11H8N2O2S6/c1-13-6-4(5(14)12-11(13)15)18-9(19-6)10-20-7-8(21-10)17-3-2-16-7/h2-3H2,1H3,(H,12,14,15). The van der Waals surface area contributed by atoms with E-state index in [2.05, 4.69) is 4.98 Å². The third kappa shape index (κ3) is 2.57. The highest BCUT2D eigenvalue weighted by atomic mass is 32.3. The van der Waals surface area contributed by atoms with Crippen LogP contribution in [0.1, 0.15) is 0 Å². The molecule has 21 heavy (non-hydrogen) atoms. The first-order chi connectivity index (χ1) is 10.1. The first-order valence-corrected chi connectivity index (χ1v) is 11.2. The van der Waals surface area contributed by atoms with Gasteiger partial charge in [-0.05, 0) is 0 Å². The van der Waals surface area contributed by atoms with Crippen molar-refractivity contribution in [2.24, 2.45) is 7.05 Å². The topological polar surface area (TPSA) is 54.9 Å². The molecule has 110 valence electrons. The molecule has 3 aliphatic rings. The summed E-state index contributed by atoms with van der Waals surface area (Å²) in [6.07, 6.45) is 0. The second-order valence-corrected chi connectivity index (χ2v) is 11.5. The van der Waals surface area contributed by atoms with Crippen LogP contribution in [0.15, 0.2) is 36.5 Å². The summed E-state index contributed by atoms with van der Waals surface area (Å²) < 4.78 is 6.64. The maximum atomic E-state index is 11.9. The third-order valence-electron chi connectivity index (χ3n) is 2.87. The van der Waals surface area contributed by atoms with Crippen molar-refractivity contribution in [1.29, 1.82) is 0 Å². The first-order valence-electron chi connectivity index (χ1n) is 5.92. The maximum Gasteiger partial charge on any atom is 0.328 e. The van der Waals surface area contributed by atoms with Gasteiger partial charge in [0.2, 0.25) is 0 Å². The lowest BCUT2D eigenvalue weighted by atomic mass is 10.6. The summed E-state index contributed by atoms with van der Waals surface area (Å²) in [7, 11) is 1.70. The van der Waals surface area contributed by atoms with E-state index >= 15 is 0 Å². The number of aromatic amines is 1. The van der Waals surface area contributed by atoms with Crippen LogP contribution in [0, 0.1) is 0 Å². The average molecular weight is 393 g/mol. The van der Waals surface area contributed by atoms with Crippen molar-refractivity contribution in [3.05, 3.63) is 37.8 Å². The molecule has 1 aromatic rings. The van der Waals surface area contributed by atoms with Gasteiger partial charge in [0.25, 0.3) is 5.56 Å². The Kier molecular flexibility index (Phi) is 4.04. The number of thioether (sulfide) groups is 6. The van der Waals surface area contributed by atoms with Crippen LogP contribution in [0.25, 0.3) is 0 Å². The van der Waals surface area contributed by atoms with E-state index in [0.29, 0.717) is 4.90 Å². The minimum absolute atomic E-state index is 0.282. The highest BCUT2D eigenvalue weighted by Crippen LogP contribution is 2.64. The van der Waals surface area contributed by atoms with E-state index in [-0.39, 0.29) is 11.2 Å². The van der Waals surface area contributed by atoms with Gasteiger partial charge in [0.05, 0.1) is 16.9 Å². The molecule has 0 radical (unpaired) electrons.